The second kappa shape index (κ2) is 4.39. The van der Waals surface area contributed by atoms with Crippen molar-refractivity contribution in [1.82, 2.24) is 5.32 Å². The Morgan fingerprint density at radius 3 is 2.62 bits per heavy atom. The molecule has 1 aliphatic heterocycles. The number of methoxy groups -OCH3 is 1. The molecule has 3 nitrogen and oxygen atoms in total. The highest BCUT2D eigenvalue weighted by Crippen LogP contribution is 2.17. The maximum absolute atomic E-state index is 11.6. The Morgan fingerprint density at radius 2 is 2.12 bits per heavy atom. The third-order valence-electron chi connectivity index (χ3n) is 2.75. The molecule has 84 valence electrons. The number of carbonyl (C=O) groups excluding carboxylic acids is 1. The highest BCUT2D eigenvalue weighted by atomic mass is 16.5. The highest BCUT2D eigenvalue weighted by molar-refractivity contribution is 5.89. The van der Waals surface area contributed by atoms with E-state index in [0.29, 0.717) is 12.8 Å². The van der Waals surface area contributed by atoms with E-state index in [9.17, 15) is 4.79 Å². The number of ketones is 1. The summed E-state index contributed by atoms with van der Waals surface area (Å²) in [5.74, 6) is 1.06. The van der Waals surface area contributed by atoms with Crippen LogP contribution in [0.4, 0.5) is 0 Å². The van der Waals surface area contributed by atoms with Crippen LogP contribution >= 0.6 is 0 Å². The number of nitrogens with one attached hydrogen (secondary N) is 1. The molecular weight excluding hydrogens is 202 g/mol. The van der Waals surface area contributed by atoms with Gasteiger partial charge >= 0.3 is 0 Å². The van der Waals surface area contributed by atoms with Gasteiger partial charge in [-0.3, -0.25) is 4.79 Å². The number of benzene rings is 1. The molecule has 0 spiro atoms. The summed E-state index contributed by atoms with van der Waals surface area (Å²) in [5.41, 5.74) is 1.95. The minimum atomic E-state index is -0.110. The molecule has 1 fully saturated rings. The Bertz CT molecular complexity index is 408. The molecule has 3 heteroatoms. The molecule has 1 aliphatic rings. The van der Waals surface area contributed by atoms with E-state index in [4.69, 9.17) is 4.74 Å². The van der Waals surface area contributed by atoms with Crippen LogP contribution in [0.25, 0.3) is 0 Å². The Kier molecular flexibility index (Phi) is 2.95. The van der Waals surface area contributed by atoms with E-state index in [2.05, 4.69) is 11.9 Å². The number of ether oxygens (including phenoxy) is 1. The molecule has 1 unspecified atom stereocenters. The number of allylic oxidation sites excluding steroid dienone is 1. The number of Topliss-reactive ketones (excluding diaryl/α,β-unsaturated/α-hetero) is 1. The lowest BCUT2D eigenvalue weighted by Crippen LogP contribution is -2.28. The van der Waals surface area contributed by atoms with Gasteiger partial charge in [0.15, 0.2) is 5.78 Å². The van der Waals surface area contributed by atoms with Gasteiger partial charge in [-0.25, -0.2) is 0 Å². The van der Waals surface area contributed by atoms with E-state index in [-0.39, 0.29) is 11.8 Å². The monoisotopic (exact) mass is 217 g/mol. The van der Waals surface area contributed by atoms with E-state index >= 15 is 0 Å². The van der Waals surface area contributed by atoms with Crippen LogP contribution in [-0.2, 0) is 11.2 Å². The summed E-state index contributed by atoms with van der Waals surface area (Å²) in [7, 11) is 1.64. The minimum absolute atomic E-state index is 0.110. The lowest BCUT2D eigenvalue weighted by molar-refractivity contribution is -0.118. The molecule has 0 bridgehead atoms. The zero-order valence-corrected chi connectivity index (χ0v) is 9.32. The maximum atomic E-state index is 11.6. The fourth-order valence-corrected chi connectivity index (χ4v) is 1.87. The van der Waals surface area contributed by atoms with E-state index < -0.39 is 0 Å². The van der Waals surface area contributed by atoms with Gasteiger partial charge in [-0.15, -0.1) is 0 Å². The van der Waals surface area contributed by atoms with Crippen molar-refractivity contribution in [2.45, 2.75) is 18.9 Å². The molecule has 16 heavy (non-hydrogen) atoms. The largest absolute Gasteiger partial charge is 0.497 e. The first-order valence-electron chi connectivity index (χ1n) is 5.29. The predicted octanol–water partition coefficient (Wildman–Crippen LogP) is 1.68. The number of hydrogen-bond acceptors (Lipinski definition) is 3. The number of carbonyl (C=O) groups is 1. The molecule has 0 aliphatic carbocycles. The van der Waals surface area contributed by atoms with Gasteiger partial charge < -0.3 is 10.1 Å². The summed E-state index contributed by atoms with van der Waals surface area (Å²) in [6.07, 6.45) is 1.17. The molecule has 0 aromatic heterocycles. The Labute approximate surface area is 95.1 Å². The summed E-state index contributed by atoms with van der Waals surface area (Å²) >= 11 is 0. The summed E-state index contributed by atoms with van der Waals surface area (Å²) in [6.45, 7) is 3.77. The van der Waals surface area contributed by atoms with Crippen LogP contribution in [0, 0.1) is 0 Å². The van der Waals surface area contributed by atoms with Crippen LogP contribution in [0.3, 0.4) is 0 Å². The first-order chi connectivity index (χ1) is 7.69. The van der Waals surface area contributed by atoms with Gasteiger partial charge in [-0.2, -0.15) is 0 Å². The first kappa shape index (κ1) is 10.7. The zero-order chi connectivity index (χ0) is 11.5. The molecule has 1 aromatic rings. The predicted molar refractivity (Wildman–Crippen MR) is 62.4 cm³/mol. The second-order valence-corrected chi connectivity index (χ2v) is 4.00. The molecule has 0 saturated carbocycles. The fourth-order valence-electron chi connectivity index (χ4n) is 1.87. The van der Waals surface area contributed by atoms with Gasteiger partial charge in [0, 0.05) is 12.1 Å². The summed E-state index contributed by atoms with van der Waals surface area (Å²) in [4.78, 5) is 11.6. The minimum Gasteiger partial charge on any atom is -0.497 e. The van der Waals surface area contributed by atoms with Crippen LogP contribution in [-0.4, -0.2) is 18.9 Å². The Balaban J connectivity index is 2.03. The third-order valence-corrected chi connectivity index (χ3v) is 2.75. The van der Waals surface area contributed by atoms with Crippen molar-refractivity contribution in [2.24, 2.45) is 0 Å². The van der Waals surface area contributed by atoms with E-state index in [1.54, 1.807) is 7.11 Å². The fraction of sp³-hybridized carbons (Fsp3) is 0.308. The van der Waals surface area contributed by atoms with Crippen LogP contribution in [0.5, 0.6) is 5.75 Å². The van der Waals surface area contributed by atoms with Gasteiger partial charge in [-0.05, 0) is 24.1 Å². The SMILES string of the molecule is C=C1CC(=O)C(Cc2ccc(OC)cc2)N1. The molecule has 1 N–H and O–H groups in total. The van der Waals surface area contributed by atoms with Crippen molar-refractivity contribution in [3.63, 3.8) is 0 Å². The van der Waals surface area contributed by atoms with Crippen molar-refractivity contribution in [2.75, 3.05) is 7.11 Å². The smallest absolute Gasteiger partial charge is 0.161 e. The third kappa shape index (κ3) is 2.24. The Morgan fingerprint density at radius 1 is 1.44 bits per heavy atom. The topological polar surface area (TPSA) is 38.3 Å². The zero-order valence-electron chi connectivity index (χ0n) is 9.32. The van der Waals surface area contributed by atoms with Crippen molar-refractivity contribution in [3.8, 4) is 5.75 Å². The van der Waals surface area contributed by atoms with E-state index in [0.717, 1.165) is 17.0 Å². The van der Waals surface area contributed by atoms with Gasteiger partial charge in [0.1, 0.15) is 5.75 Å². The summed E-state index contributed by atoms with van der Waals surface area (Å²) in [5, 5.41) is 3.11. The second-order valence-electron chi connectivity index (χ2n) is 4.00. The molecule has 2 rings (SSSR count). The van der Waals surface area contributed by atoms with Gasteiger partial charge in [0.2, 0.25) is 0 Å². The molecule has 1 aromatic carbocycles. The van der Waals surface area contributed by atoms with Crippen LogP contribution in [0.1, 0.15) is 12.0 Å². The summed E-state index contributed by atoms with van der Waals surface area (Å²) < 4.78 is 5.08. The maximum Gasteiger partial charge on any atom is 0.161 e. The lowest BCUT2D eigenvalue weighted by atomic mass is 10.0. The molecule has 1 atom stereocenters. The summed E-state index contributed by atoms with van der Waals surface area (Å²) in [6, 6.07) is 7.66. The van der Waals surface area contributed by atoms with Crippen molar-refractivity contribution in [1.29, 1.82) is 0 Å². The molecule has 0 amide bonds. The normalized spacial score (nSPS) is 19.7. The average molecular weight is 217 g/mol. The first-order valence-corrected chi connectivity index (χ1v) is 5.29. The van der Waals surface area contributed by atoms with E-state index in [1.807, 2.05) is 24.3 Å². The highest BCUT2D eigenvalue weighted by Gasteiger charge is 2.26. The quantitative estimate of drug-likeness (QED) is 0.837. The molecule has 1 saturated heterocycles. The van der Waals surface area contributed by atoms with E-state index in [1.165, 1.54) is 0 Å². The lowest BCUT2D eigenvalue weighted by Gasteiger charge is -2.10. The number of rotatable bonds is 3. The number of hydrogen-bond donors (Lipinski definition) is 1. The van der Waals surface area contributed by atoms with Crippen molar-refractivity contribution in [3.05, 3.63) is 42.1 Å². The molecular formula is C13H15NO2. The van der Waals surface area contributed by atoms with Gasteiger partial charge in [0.25, 0.3) is 0 Å². The van der Waals surface area contributed by atoms with Crippen molar-refractivity contribution >= 4 is 5.78 Å². The average Bonchev–Trinajstić information content (AvgIpc) is 2.59. The standard InChI is InChI=1S/C13H15NO2/c1-9-7-13(15)12(14-9)8-10-3-5-11(16-2)6-4-10/h3-6,12,14H,1,7-8H2,2H3. The Hall–Kier alpha value is -1.77. The molecule has 1 heterocycles. The van der Waals surface area contributed by atoms with Crippen molar-refractivity contribution < 1.29 is 9.53 Å². The van der Waals surface area contributed by atoms with Crippen LogP contribution < -0.4 is 10.1 Å². The molecule has 0 radical (unpaired) electrons. The van der Waals surface area contributed by atoms with Crippen LogP contribution in [0.15, 0.2) is 36.5 Å². The van der Waals surface area contributed by atoms with Crippen LogP contribution in [0.2, 0.25) is 0 Å². The van der Waals surface area contributed by atoms with Gasteiger partial charge in [-0.1, -0.05) is 18.7 Å². The van der Waals surface area contributed by atoms with Gasteiger partial charge in [0.05, 0.1) is 13.2 Å².